The van der Waals surface area contributed by atoms with E-state index < -0.39 is 5.63 Å². The maximum atomic E-state index is 12.0. The van der Waals surface area contributed by atoms with Crippen molar-refractivity contribution in [2.45, 2.75) is 46.0 Å². The van der Waals surface area contributed by atoms with Gasteiger partial charge in [-0.05, 0) is 31.5 Å². The van der Waals surface area contributed by atoms with Gasteiger partial charge in [0.1, 0.15) is 11.3 Å². The van der Waals surface area contributed by atoms with E-state index in [1.165, 1.54) is 6.07 Å². The van der Waals surface area contributed by atoms with Crippen LogP contribution in [0.1, 0.15) is 46.0 Å². The van der Waals surface area contributed by atoms with E-state index in [4.69, 9.17) is 18.6 Å². The van der Waals surface area contributed by atoms with Crippen LogP contribution < -0.4 is 15.1 Å². The van der Waals surface area contributed by atoms with Gasteiger partial charge in [0, 0.05) is 0 Å². The van der Waals surface area contributed by atoms with Gasteiger partial charge in [0.2, 0.25) is 5.75 Å². The van der Waals surface area contributed by atoms with Gasteiger partial charge >= 0.3 is 11.6 Å². The van der Waals surface area contributed by atoms with Crippen LogP contribution >= 0.6 is 0 Å². The molecule has 0 bridgehead atoms. The van der Waals surface area contributed by atoms with Crippen molar-refractivity contribution in [3.63, 3.8) is 0 Å². The molecular formula is C20H26O7. The number of fused-ring (bicyclic) bond motifs is 1. The zero-order valence-corrected chi connectivity index (χ0v) is 15.8. The van der Waals surface area contributed by atoms with Gasteiger partial charge in [-0.3, -0.25) is 4.79 Å². The fourth-order valence-corrected chi connectivity index (χ4v) is 2.55. The van der Waals surface area contributed by atoms with E-state index in [0.717, 1.165) is 25.7 Å². The topological polar surface area (TPSA) is 95.2 Å². The highest BCUT2D eigenvalue weighted by atomic mass is 16.5. The Hall–Kier alpha value is -2.70. The first-order valence-corrected chi connectivity index (χ1v) is 9.27. The van der Waals surface area contributed by atoms with Gasteiger partial charge in [0.15, 0.2) is 5.75 Å². The lowest BCUT2D eigenvalue weighted by molar-refractivity contribution is -0.143. The summed E-state index contributed by atoms with van der Waals surface area (Å²) in [6.45, 7) is 4.64. The molecule has 0 aliphatic carbocycles. The number of aromatic hydroxyl groups is 1. The molecule has 27 heavy (non-hydrogen) atoms. The number of esters is 1. The summed E-state index contributed by atoms with van der Waals surface area (Å²) in [7, 11) is 0. The molecule has 0 aliphatic heterocycles. The van der Waals surface area contributed by atoms with Crippen LogP contribution in [0.2, 0.25) is 0 Å². The third-order valence-corrected chi connectivity index (χ3v) is 3.93. The molecule has 0 atom stereocenters. The van der Waals surface area contributed by atoms with Gasteiger partial charge in [-0.15, -0.1) is 0 Å². The molecule has 7 nitrogen and oxygen atoms in total. The first-order chi connectivity index (χ1) is 13.1. The largest absolute Gasteiger partial charge is 0.504 e. The number of carbonyl (C=O) groups excluding carboxylic acids is 1. The summed E-state index contributed by atoms with van der Waals surface area (Å²) >= 11 is 0. The third kappa shape index (κ3) is 5.91. The number of unbranched alkanes of at least 4 members (excludes halogenated alkanes) is 3. The molecule has 0 aliphatic rings. The second-order valence-electron chi connectivity index (χ2n) is 6.04. The first-order valence-electron chi connectivity index (χ1n) is 9.27. The van der Waals surface area contributed by atoms with Crippen LogP contribution in [0.4, 0.5) is 0 Å². The summed E-state index contributed by atoms with van der Waals surface area (Å²) in [5.41, 5.74) is -0.486. The second kappa shape index (κ2) is 10.4. The summed E-state index contributed by atoms with van der Waals surface area (Å²) in [5, 5.41) is 10.7. The summed E-state index contributed by atoms with van der Waals surface area (Å²) in [4.78, 5) is 23.4. The van der Waals surface area contributed by atoms with Crippen LogP contribution in [0.15, 0.2) is 27.4 Å². The number of carbonyl (C=O) groups is 1. The molecule has 7 heteroatoms. The van der Waals surface area contributed by atoms with Crippen molar-refractivity contribution in [1.29, 1.82) is 0 Å². The molecule has 148 valence electrons. The quantitative estimate of drug-likeness (QED) is 0.361. The van der Waals surface area contributed by atoms with Gasteiger partial charge in [-0.2, -0.15) is 0 Å². The molecule has 0 spiro atoms. The van der Waals surface area contributed by atoms with Gasteiger partial charge in [0.25, 0.3) is 0 Å². The Morgan fingerprint density at radius 3 is 2.67 bits per heavy atom. The summed E-state index contributed by atoms with van der Waals surface area (Å²) in [6.07, 6.45) is 4.10. The summed E-state index contributed by atoms with van der Waals surface area (Å²) in [5.74, 6) is -0.369. The number of benzene rings is 1. The first kappa shape index (κ1) is 20.6. The maximum Gasteiger partial charge on any atom is 0.383 e. The van der Waals surface area contributed by atoms with Crippen molar-refractivity contribution in [3.05, 3.63) is 28.6 Å². The Kier molecular flexibility index (Phi) is 7.98. The molecule has 1 N–H and O–H groups in total. The van der Waals surface area contributed by atoms with Crippen molar-refractivity contribution in [1.82, 2.24) is 0 Å². The van der Waals surface area contributed by atoms with E-state index in [9.17, 15) is 14.7 Å². The highest BCUT2D eigenvalue weighted by Crippen LogP contribution is 2.33. The molecule has 0 saturated carbocycles. The third-order valence-electron chi connectivity index (χ3n) is 3.93. The Morgan fingerprint density at radius 1 is 1.11 bits per heavy atom. The Bertz CT molecular complexity index is 810. The van der Waals surface area contributed by atoms with E-state index >= 15 is 0 Å². The average Bonchev–Trinajstić information content (AvgIpc) is 2.64. The zero-order valence-electron chi connectivity index (χ0n) is 15.8. The minimum absolute atomic E-state index is 0.119. The molecule has 0 saturated heterocycles. The normalized spacial score (nSPS) is 10.7. The predicted octanol–water partition coefficient (Wildman–Crippen LogP) is 3.79. The van der Waals surface area contributed by atoms with Crippen LogP contribution in [-0.4, -0.2) is 30.9 Å². The van der Waals surface area contributed by atoms with Crippen LogP contribution in [0.3, 0.4) is 0 Å². The van der Waals surface area contributed by atoms with Crippen molar-refractivity contribution >= 4 is 16.9 Å². The van der Waals surface area contributed by atoms with E-state index in [2.05, 4.69) is 6.92 Å². The minimum Gasteiger partial charge on any atom is -0.504 e. The lowest BCUT2D eigenvalue weighted by Gasteiger charge is -2.10. The van der Waals surface area contributed by atoms with Gasteiger partial charge in [-0.25, -0.2) is 4.79 Å². The van der Waals surface area contributed by atoms with Crippen LogP contribution in [0.5, 0.6) is 17.2 Å². The number of ether oxygens (including phenoxy) is 3. The van der Waals surface area contributed by atoms with E-state index in [0.29, 0.717) is 24.3 Å². The van der Waals surface area contributed by atoms with E-state index in [1.54, 1.807) is 19.1 Å². The highest BCUT2D eigenvalue weighted by molar-refractivity contribution is 5.86. The molecule has 1 aromatic heterocycles. The lowest BCUT2D eigenvalue weighted by atomic mass is 10.2. The molecule has 0 fully saturated rings. The van der Waals surface area contributed by atoms with Crippen molar-refractivity contribution < 1.29 is 28.5 Å². The molecular weight excluding hydrogens is 352 g/mol. The molecule has 2 rings (SSSR count). The predicted molar refractivity (Wildman–Crippen MR) is 101 cm³/mol. The summed E-state index contributed by atoms with van der Waals surface area (Å²) in [6, 6.07) is 4.67. The van der Waals surface area contributed by atoms with Gasteiger partial charge < -0.3 is 23.7 Å². The Morgan fingerprint density at radius 2 is 1.93 bits per heavy atom. The molecule has 0 amide bonds. The fraction of sp³-hybridized carbons (Fsp3) is 0.500. The maximum absolute atomic E-state index is 12.0. The highest BCUT2D eigenvalue weighted by Gasteiger charge is 2.16. The van der Waals surface area contributed by atoms with Crippen molar-refractivity contribution in [2.24, 2.45) is 0 Å². The standard InChI is InChI=1S/C20H26O7/c1-3-5-6-7-11-26-19-18(22)15-13-14(8-9-16(15)27-20(19)23)25-12-10-17(21)24-4-2/h8-9,13,22H,3-7,10-12H2,1-2H3. The molecule has 2 aromatic rings. The zero-order chi connectivity index (χ0) is 19.6. The molecule has 1 aromatic carbocycles. The second-order valence-corrected chi connectivity index (χ2v) is 6.04. The average molecular weight is 378 g/mol. The summed E-state index contributed by atoms with van der Waals surface area (Å²) < 4.78 is 21.0. The van der Waals surface area contributed by atoms with E-state index in [1.807, 2.05) is 0 Å². The smallest absolute Gasteiger partial charge is 0.383 e. The molecule has 1 heterocycles. The lowest BCUT2D eigenvalue weighted by Crippen LogP contribution is -2.10. The fourth-order valence-electron chi connectivity index (χ4n) is 2.55. The van der Waals surface area contributed by atoms with Crippen LogP contribution in [0.25, 0.3) is 11.0 Å². The minimum atomic E-state index is -0.716. The van der Waals surface area contributed by atoms with Crippen molar-refractivity contribution in [2.75, 3.05) is 19.8 Å². The molecule has 0 unspecified atom stereocenters. The Labute approximate surface area is 157 Å². The number of rotatable bonds is 11. The SMILES string of the molecule is CCCCCCOc1c(O)c2cc(OCCC(=O)OCC)ccc2oc1=O. The monoisotopic (exact) mass is 378 g/mol. The van der Waals surface area contributed by atoms with E-state index in [-0.39, 0.29) is 36.1 Å². The number of hydrogen-bond donors (Lipinski definition) is 1. The van der Waals surface area contributed by atoms with Crippen molar-refractivity contribution in [3.8, 4) is 17.2 Å². The van der Waals surface area contributed by atoms with Crippen LogP contribution in [-0.2, 0) is 9.53 Å². The van der Waals surface area contributed by atoms with Gasteiger partial charge in [0.05, 0.1) is 31.6 Å². The van der Waals surface area contributed by atoms with Gasteiger partial charge in [-0.1, -0.05) is 26.2 Å². The Balaban J connectivity index is 2.09. The number of hydrogen-bond acceptors (Lipinski definition) is 7. The van der Waals surface area contributed by atoms with Crippen LogP contribution in [0, 0.1) is 0 Å². The molecule has 0 radical (unpaired) electrons.